The molecule has 6 aromatic rings. The van der Waals surface area contributed by atoms with Crippen LogP contribution < -0.4 is 10.9 Å². The van der Waals surface area contributed by atoms with E-state index in [4.69, 9.17) is 8.83 Å². The van der Waals surface area contributed by atoms with E-state index in [-0.39, 0.29) is 119 Å². The van der Waals surface area contributed by atoms with Gasteiger partial charge in [0.15, 0.2) is 10.9 Å². The molecule has 15 heteroatoms. The van der Waals surface area contributed by atoms with Gasteiger partial charge in [-0.15, -0.1) is 0 Å². The molecule has 0 atom stereocenters. The molecule has 2 aromatic heterocycles. The van der Waals surface area contributed by atoms with Crippen LogP contribution in [-0.2, 0) is 0 Å². The summed E-state index contributed by atoms with van der Waals surface area (Å²) in [7, 11) is 2.66. The maximum atomic E-state index is 13.0. The molecule has 0 saturated carbocycles. The number of benzene rings is 4. The van der Waals surface area contributed by atoms with Crippen molar-refractivity contribution in [1.29, 1.82) is 0 Å². The first-order valence-electron chi connectivity index (χ1n) is 12.3. The molecule has 45 heavy (non-hydrogen) atoms. The fourth-order valence-electron chi connectivity index (χ4n) is 4.61. The number of thiol groups is 2. The average Bonchev–Trinajstić information content (AvgIpc) is 2.97. The van der Waals surface area contributed by atoms with Crippen molar-refractivity contribution in [1.82, 2.24) is 0 Å². The van der Waals surface area contributed by atoms with Crippen molar-refractivity contribution >= 4 is 116 Å². The molecule has 0 amide bonds. The van der Waals surface area contributed by atoms with Gasteiger partial charge >= 0.3 is 51.4 Å². The van der Waals surface area contributed by atoms with Crippen LogP contribution in [0.4, 0.5) is 0 Å². The molecule has 226 valence electrons. The van der Waals surface area contributed by atoms with Crippen molar-refractivity contribution in [2.75, 3.05) is 0 Å². The van der Waals surface area contributed by atoms with Crippen LogP contribution in [0, 0.1) is 0 Å². The van der Waals surface area contributed by atoms with Gasteiger partial charge in [0, 0.05) is 47.0 Å². The van der Waals surface area contributed by atoms with Gasteiger partial charge in [-0.25, -0.2) is 0 Å². The molecule has 0 aliphatic rings. The summed E-state index contributed by atoms with van der Waals surface area (Å²) in [6.07, 6.45) is 0. The van der Waals surface area contributed by atoms with E-state index < -0.39 is 28.1 Å². The Labute approximate surface area is 313 Å². The van der Waals surface area contributed by atoms with Crippen LogP contribution in [0.15, 0.2) is 91.2 Å². The van der Waals surface area contributed by atoms with E-state index in [0.717, 1.165) is 30.3 Å². The fraction of sp³-hybridized carbons (Fsp3) is 0. The van der Waals surface area contributed by atoms with Crippen molar-refractivity contribution in [2.45, 2.75) is 0 Å². The molecular weight excluding hydrogens is 688 g/mol. The summed E-state index contributed by atoms with van der Waals surface area (Å²) >= 11 is 7.45. The fourth-order valence-corrected chi connectivity index (χ4v) is 4.61. The Morgan fingerprint density at radius 2 is 1.11 bits per heavy atom. The molecular formula is C30H21KO10S4. The molecule has 0 spiro atoms. The van der Waals surface area contributed by atoms with Gasteiger partial charge in [-0.3, -0.25) is 9.59 Å². The van der Waals surface area contributed by atoms with Gasteiger partial charge in [-0.1, -0.05) is 23.3 Å². The molecule has 10 nitrogen and oxygen atoms in total. The Kier molecular flexibility index (Phi) is 11.4. The van der Waals surface area contributed by atoms with E-state index in [0.29, 0.717) is 5.56 Å². The second kappa shape index (κ2) is 14.7. The summed E-state index contributed by atoms with van der Waals surface area (Å²) in [5.41, 5.74) is -1.07. The zero-order valence-corrected chi connectivity index (χ0v) is 25.4. The summed E-state index contributed by atoms with van der Waals surface area (Å²) in [6, 6.07) is 15.4. The number of hydrogen-bond donors (Lipinski definition) is 8. The molecule has 2 heterocycles. The number of fused-ring (bicyclic) bond motifs is 2. The van der Waals surface area contributed by atoms with Crippen LogP contribution in [-0.4, -0.2) is 82.0 Å². The van der Waals surface area contributed by atoms with Gasteiger partial charge in [0.05, 0.1) is 5.56 Å². The quantitative estimate of drug-likeness (QED) is 0.0563. The first-order chi connectivity index (χ1) is 21.0. The van der Waals surface area contributed by atoms with Crippen molar-refractivity contribution in [3.8, 4) is 68.3 Å². The third-order valence-electron chi connectivity index (χ3n) is 6.50. The van der Waals surface area contributed by atoms with Gasteiger partial charge in [-0.2, -0.15) is 0 Å². The van der Waals surface area contributed by atoms with E-state index in [2.05, 4.69) is 23.3 Å². The number of rotatable bonds is 4. The summed E-state index contributed by atoms with van der Waals surface area (Å²) in [6.45, 7) is 0. The minimum absolute atomic E-state index is 0. The van der Waals surface area contributed by atoms with Gasteiger partial charge in [0.2, 0.25) is 0 Å². The van der Waals surface area contributed by atoms with Crippen LogP contribution >= 0.6 is 43.0 Å². The van der Waals surface area contributed by atoms with Gasteiger partial charge in [0.25, 0.3) is 0 Å². The number of phenols is 6. The van der Waals surface area contributed by atoms with Crippen LogP contribution in [0.2, 0.25) is 0 Å². The normalized spacial score (nSPS) is 10.7. The topological polar surface area (TPSA) is 182 Å². The molecule has 0 bridgehead atoms. The number of aromatic hydroxyl groups is 6. The predicted molar refractivity (Wildman–Crippen MR) is 185 cm³/mol. The first kappa shape index (κ1) is 35.0. The molecule has 0 radical (unpaired) electrons. The molecule has 0 unspecified atom stereocenters. The maximum absolute atomic E-state index is 13.0. The standard InChI is InChI=1S/C30H18O10.K.H2S4.H/c31-15-4-1-13(2-5-15)23-11-22(37)29-26(39-23)12-20(35)27(30(29)38)17-7-14(3-6-18(17)33)24-10-21(36)28-19(34)8-16(32)9-25(28)40-24;;1-3-4-2;/h1-12,31-35,38H;;1-2H;. The molecule has 6 rings (SSSR count). The zero-order chi connectivity index (χ0) is 31.7. The summed E-state index contributed by atoms with van der Waals surface area (Å²) in [5, 5.41) is 61.6. The monoisotopic (exact) mass is 708 g/mol. The Morgan fingerprint density at radius 1 is 0.556 bits per heavy atom. The second-order valence-electron chi connectivity index (χ2n) is 9.21. The molecule has 0 aliphatic carbocycles. The van der Waals surface area contributed by atoms with Crippen LogP contribution in [0.25, 0.3) is 55.7 Å². The minimum atomic E-state index is -0.650. The number of hydrogen-bond acceptors (Lipinski definition) is 14. The molecule has 6 N–H and O–H groups in total. The molecule has 0 saturated heterocycles. The van der Waals surface area contributed by atoms with E-state index in [9.17, 15) is 40.2 Å². The first-order valence-corrected chi connectivity index (χ1v) is 16.5. The van der Waals surface area contributed by atoms with E-state index in [1.165, 1.54) is 62.1 Å². The van der Waals surface area contributed by atoms with Crippen LogP contribution in [0.5, 0.6) is 34.5 Å². The third-order valence-corrected chi connectivity index (χ3v) is 9.17. The van der Waals surface area contributed by atoms with Gasteiger partial charge in [0.1, 0.15) is 68.0 Å². The summed E-state index contributed by atoms with van der Waals surface area (Å²) in [4.78, 5) is 25.7. The number of phenolic OH excluding ortho intramolecular Hbond substituents is 6. The van der Waals surface area contributed by atoms with Gasteiger partial charge in [-0.05, 0) is 62.1 Å². The Morgan fingerprint density at radius 3 is 1.73 bits per heavy atom. The Balaban J connectivity index is 0.000000871. The van der Waals surface area contributed by atoms with Crippen LogP contribution in [0.1, 0.15) is 0 Å². The van der Waals surface area contributed by atoms with Crippen molar-refractivity contribution in [3.63, 3.8) is 0 Å². The SMILES string of the molecule is O=c1cc(-c2ccc(O)c(-c3c(O)cc4oc(-c5ccc(O)cc5)cc(=O)c4c3O)c2)oc2cc(O)cc(O)c12.SSSS.[KH]. The summed E-state index contributed by atoms with van der Waals surface area (Å²) in [5.74, 6) is -2.15. The predicted octanol–water partition coefficient (Wildman–Crippen LogP) is 6.54. The molecule has 0 fully saturated rings. The third kappa shape index (κ3) is 7.26. The van der Waals surface area contributed by atoms with Crippen molar-refractivity contribution in [3.05, 3.63) is 93.2 Å². The molecule has 0 aliphatic heterocycles. The van der Waals surface area contributed by atoms with E-state index >= 15 is 0 Å². The average molecular weight is 709 g/mol. The summed E-state index contributed by atoms with van der Waals surface area (Å²) < 4.78 is 11.5. The Bertz CT molecular complexity index is 2160. The van der Waals surface area contributed by atoms with E-state index in [1.54, 1.807) is 0 Å². The van der Waals surface area contributed by atoms with Crippen molar-refractivity contribution < 1.29 is 39.5 Å². The van der Waals surface area contributed by atoms with Crippen molar-refractivity contribution in [2.24, 2.45) is 0 Å². The Hall–Kier alpha value is -2.86. The second-order valence-corrected chi connectivity index (χ2v) is 13.1. The zero-order valence-electron chi connectivity index (χ0n) is 22.0. The van der Waals surface area contributed by atoms with Gasteiger partial charge < -0.3 is 39.5 Å². The van der Waals surface area contributed by atoms with E-state index in [1.807, 2.05) is 0 Å². The molecule has 4 aromatic carbocycles. The van der Waals surface area contributed by atoms with Crippen LogP contribution in [0.3, 0.4) is 0 Å².